The van der Waals surface area contributed by atoms with E-state index in [1.807, 2.05) is 5.51 Å². The second-order valence-corrected chi connectivity index (χ2v) is 4.48. The Kier molecular flexibility index (Phi) is 5.81. The van der Waals surface area contributed by atoms with E-state index >= 15 is 0 Å². The molecule has 0 aliphatic carbocycles. The standard InChI is InChI=1S/C10H18N4OS/c1-14(6-9-7-16-8-12-9)5-3-2-4-10(11)13-15/h7-8,15H,2-6H2,1H3,(H2,11,13). The summed E-state index contributed by atoms with van der Waals surface area (Å²) < 4.78 is 0. The first-order chi connectivity index (χ1) is 7.72. The van der Waals surface area contributed by atoms with Crippen molar-refractivity contribution in [3.8, 4) is 0 Å². The van der Waals surface area contributed by atoms with E-state index in [9.17, 15) is 0 Å². The van der Waals surface area contributed by atoms with E-state index in [2.05, 4.69) is 27.5 Å². The third-order valence-corrected chi connectivity index (χ3v) is 2.90. The van der Waals surface area contributed by atoms with Crippen LogP contribution in [0.15, 0.2) is 16.0 Å². The molecule has 0 saturated heterocycles. The van der Waals surface area contributed by atoms with Gasteiger partial charge in [-0.25, -0.2) is 4.98 Å². The predicted octanol–water partition coefficient (Wildman–Crippen LogP) is 1.49. The molecule has 0 bridgehead atoms. The molecule has 90 valence electrons. The fraction of sp³-hybridized carbons (Fsp3) is 0.600. The Morgan fingerprint density at radius 2 is 2.44 bits per heavy atom. The highest BCUT2D eigenvalue weighted by atomic mass is 32.1. The van der Waals surface area contributed by atoms with Crippen molar-refractivity contribution in [1.82, 2.24) is 9.88 Å². The summed E-state index contributed by atoms with van der Waals surface area (Å²) in [6.07, 6.45) is 2.63. The summed E-state index contributed by atoms with van der Waals surface area (Å²) in [7, 11) is 2.07. The zero-order valence-corrected chi connectivity index (χ0v) is 10.3. The first-order valence-corrected chi connectivity index (χ1v) is 6.18. The van der Waals surface area contributed by atoms with Crippen LogP contribution in [-0.2, 0) is 6.54 Å². The number of thiazole rings is 1. The minimum absolute atomic E-state index is 0.308. The van der Waals surface area contributed by atoms with Crippen molar-refractivity contribution in [2.45, 2.75) is 25.8 Å². The molecule has 0 unspecified atom stereocenters. The summed E-state index contributed by atoms with van der Waals surface area (Å²) in [4.78, 5) is 6.45. The van der Waals surface area contributed by atoms with Gasteiger partial charge in [0.1, 0.15) is 5.84 Å². The molecular formula is C10H18N4OS. The van der Waals surface area contributed by atoms with Gasteiger partial charge in [0.15, 0.2) is 0 Å². The number of hydrogen-bond acceptors (Lipinski definition) is 5. The molecule has 1 aromatic rings. The van der Waals surface area contributed by atoms with Gasteiger partial charge in [-0.15, -0.1) is 11.3 Å². The highest BCUT2D eigenvalue weighted by Crippen LogP contribution is 2.05. The van der Waals surface area contributed by atoms with Crippen molar-refractivity contribution >= 4 is 17.2 Å². The quantitative estimate of drug-likeness (QED) is 0.250. The van der Waals surface area contributed by atoms with Crippen LogP contribution in [0.4, 0.5) is 0 Å². The molecule has 6 heteroatoms. The Hall–Kier alpha value is -1.14. The van der Waals surface area contributed by atoms with Crippen LogP contribution in [0.3, 0.4) is 0 Å². The second-order valence-electron chi connectivity index (χ2n) is 3.77. The normalized spacial score (nSPS) is 12.2. The molecule has 0 radical (unpaired) electrons. The van der Waals surface area contributed by atoms with Gasteiger partial charge in [-0.2, -0.15) is 0 Å². The highest BCUT2D eigenvalue weighted by Gasteiger charge is 2.02. The van der Waals surface area contributed by atoms with E-state index in [0.29, 0.717) is 12.3 Å². The monoisotopic (exact) mass is 242 g/mol. The van der Waals surface area contributed by atoms with Crippen LogP contribution in [-0.4, -0.2) is 34.5 Å². The van der Waals surface area contributed by atoms with Crippen LogP contribution in [0.2, 0.25) is 0 Å². The molecule has 16 heavy (non-hydrogen) atoms. The van der Waals surface area contributed by atoms with Gasteiger partial charge in [0.25, 0.3) is 0 Å². The van der Waals surface area contributed by atoms with Crippen molar-refractivity contribution < 1.29 is 5.21 Å². The van der Waals surface area contributed by atoms with E-state index in [1.165, 1.54) is 0 Å². The molecule has 1 rings (SSSR count). The van der Waals surface area contributed by atoms with Crippen LogP contribution in [0.25, 0.3) is 0 Å². The number of amidine groups is 1. The van der Waals surface area contributed by atoms with Crippen molar-refractivity contribution in [3.05, 3.63) is 16.6 Å². The Morgan fingerprint density at radius 1 is 1.62 bits per heavy atom. The molecule has 3 N–H and O–H groups in total. The smallest absolute Gasteiger partial charge is 0.139 e. The lowest BCUT2D eigenvalue weighted by Crippen LogP contribution is -2.20. The lowest BCUT2D eigenvalue weighted by molar-refractivity contribution is 0.311. The molecule has 0 aromatic carbocycles. The van der Waals surface area contributed by atoms with Gasteiger partial charge < -0.3 is 15.8 Å². The largest absolute Gasteiger partial charge is 0.409 e. The number of aromatic nitrogens is 1. The molecular weight excluding hydrogens is 224 g/mol. The maximum Gasteiger partial charge on any atom is 0.139 e. The third kappa shape index (κ3) is 5.09. The van der Waals surface area contributed by atoms with Crippen molar-refractivity contribution in [2.24, 2.45) is 10.9 Å². The van der Waals surface area contributed by atoms with E-state index in [-0.39, 0.29) is 0 Å². The second kappa shape index (κ2) is 7.19. The molecule has 5 nitrogen and oxygen atoms in total. The van der Waals surface area contributed by atoms with Crippen molar-refractivity contribution in [2.75, 3.05) is 13.6 Å². The average Bonchev–Trinajstić information content (AvgIpc) is 2.76. The Bertz CT molecular complexity index is 313. The number of unbranched alkanes of at least 4 members (excludes halogenated alkanes) is 1. The van der Waals surface area contributed by atoms with E-state index in [4.69, 9.17) is 10.9 Å². The van der Waals surface area contributed by atoms with Gasteiger partial charge >= 0.3 is 0 Å². The number of nitrogens with two attached hydrogens (primary N) is 1. The van der Waals surface area contributed by atoms with Crippen molar-refractivity contribution in [1.29, 1.82) is 0 Å². The van der Waals surface area contributed by atoms with Crippen molar-refractivity contribution in [3.63, 3.8) is 0 Å². The maximum atomic E-state index is 8.36. The summed E-state index contributed by atoms with van der Waals surface area (Å²) in [5.74, 6) is 0.308. The maximum absolute atomic E-state index is 8.36. The summed E-state index contributed by atoms with van der Waals surface area (Å²) in [5.41, 5.74) is 8.34. The molecule has 0 saturated carbocycles. The van der Waals surface area contributed by atoms with Crippen LogP contribution >= 0.6 is 11.3 Å². The Morgan fingerprint density at radius 3 is 3.06 bits per heavy atom. The van der Waals surface area contributed by atoms with Gasteiger partial charge in [0, 0.05) is 18.3 Å². The summed E-state index contributed by atoms with van der Waals surface area (Å²) in [6.45, 7) is 1.88. The molecule has 0 aliphatic heterocycles. The van der Waals surface area contributed by atoms with Gasteiger partial charge in [-0.1, -0.05) is 5.16 Å². The van der Waals surface area contributed by atoms with Gasteiger partial charge in [-0.3, -0.25) is 0 Å². The fourth-order valence-corrected chi connectivity index (χ4v) is 1.96. The summed E-state index contributed by atoms with van der Waals surface area (Å²) in [6, 6.07) is 0. The van der Waals surface area contributed by atoms with Crippen LogP contribution in [0.5, 0.6) is 0 Å². The van der Waals surface area contributed by atoms with Gasteiger partial charge in [0.05, 0.1) is 11.2 Å². The molecule has 1 heterocycles. The molecule has 1 aromatic heterocycles. The minimum Gasteiger partial charge on any atom is -0.409 e. The third-order valence-electron chi connectivity index (χ3n) is 2.27. The van der Waals surface area contributed by atoms with Crippen LogP contribution in [0.1, 0.15) is 25.0 Å². The highest BCUT2D eigenvalue weighted by molar-refractivity contribution is 7.07. The Labute approximate surface area is 99.6 Å². The van der Waals surface area contributed by atoms with E-state index in [0.717, 1.165) is 31.6 Å². The van der Waals surface area contributed by atoms with Gasteiger partial charge in [-0.05, 0) is 26.4 Å². The fourth-order valence-electron chi connectivity index (χ4n) is 1.41. The minimum atomic E-state index is 0.308. The Balaban J connectivity index is 2.09. The zero-order valence-electron chi connectivity index (χ0n) is 9.46. The number of oxime groups is 1. The topological polar surface area (TPSA) is 74.7 Å². The van der Waals surface area contributed by atoms with Crippen LogP contribution < -0.4 is 5.73 Å². The average molecular weight is 242 g/mol. The van der Waals surface area contributed by atoms with Gasteiger partial charge in [0.2, 0.25) is 0 Å². The molecule has 0 atom stereocenters. The molecule has 0 aliphatic rings. The SMILES string of the molecule is CN(CCCCC(N)=NO)Cc1cscn1. The zero-order chi connectivity index (χ0) is 11.8. The first kappa shape index (κ1) is 12.9. The molecule has 0 fully saturated rings. The van der Waals surface area contributed by atoms with Crippen LogP contribution in [0, 0.1) is 0 Å². The summed E-state index contributed by atoms with van der Waals surface area (Å²) in [5, 5.41) is 13.4. The van der Waals surface area contributed by atoms with E-state index < -0.39 is 0 Å². The molecule has 0 amide bonds. The first-order valence-electron chi connectivity index (χ1n) is 5.24. The summed E-state index contributed by atoms with van der Waals surface area (Å²) >= 11 is 1.62. The lowest BCUT2D eigenvalue weighted by atomic mass is 10.2. The van der Waals surface area contributed by atoms with E-state index in [1.54, 1.807) is 11.3 Å². The lowest BCUT2D eigenvalue weighted by Gasteiger charge is -2.14. The number of rotatable bonds is 7. The number of nitrogens with zero attached hydrogens (tertiary/aromatic N) is 3. The molecule has 0 spiro atoms. The number of hydrogen-bond donors (Lipinski definition) is 2. The predicted molar refractivity (Wildman–Crippen MR) is 65.7 cm³/mol.